The smallest absolute Gasteiger partial charge is 0.309 e. The number of nitrogens with zero attached hydrogens (tertiary/aromatic N) is 1. The number of Topliss-reactive ketones (excluding diaryl/α,β-unsaturated/α-hetero) is 1. The lowest BCUT2D eigenvalue weighted by Crippen LogP contribution is -2.56. The second kappa shape index (κ2) is 13.5. The van der Waals surface area contributed by atoms with Gasteiger partial charge in [-0.1, -0.05) is 41.5 Å². The maximum absolute atomic E-state index is 13.4. The Morgan fingerprint density at radius 3 is 2.05 bits per heavy atom. The summed E-state index contributed by atoms with van der Waals surface area (Å²) in [5.74, 6) is -2.63. The Bertz CT molecular complexity index is 785. The normalized spacial score (nSPS) is 46.5. The Morgan fingerprint density at radius 1 is 0.974 bits per heavy atom. The number of ketones is 1. The molecule has 0 aliphatic carbocycles. The second-order valence-corrected chi connectivity index (χ2v) is 12.6. The van der Waals surface area contributed by atoms with Crippen LogP contribution in [-0.4, -0.2) is 94.5 Å². The largest absolute Gasteiger partial charge is 0.459 e. The van der Waals surface area contributed by atoms with Crippen molar-refractivity contribution in [1.29, 1.82) is 0 Å². The van der Waals surface area contributed by atoms with Gasteiger partial charge in [0, 0.05) is 17.9 Å². The number of ether oxygens (including phenoxy) is 3. The van der Waals surface area contributed by atoms with Crippen molar-refractivity contribution >= 4 is 11.8 Å². The molecule has 0 aromatic carbocycles. The highest BCUT2D eigenvalue weighted by atomic mass is 16.7. The molecule has 38 heavy (non-hydrogen) atoms. The Labute approximate surface area is 229 Å². The fraction of sp³-hybridized carbons (Fsp3) is 0.931. The van der Waals surface area contributed by atoms with E-state index in [0.717, 1.165) is 0 Å². The SMILES string of the molecule is CC[C@H]1OC(=O)[C@H](C)C[C@H](C)C(O[C@@H]2O[C@H](C)C[C@H](N(C)C)[C@H]2O)[C@@H](C)C[C@@H](C)C(=O)[C@H](C)[C@@H](O)[C@]1(C)O. The minimum Gasteiger partial charge on any atom is -0.459 e. The summed E-state index contributed by atoms with van der Waals surface area (Å²) >= 11 is 0. The molecule has 0 aromatic heterocycles. The molecule has 13 atom stereocenters. The first-order valence-electron chi connectivity index (χ1n) is 14.3. The minimum absolute atomic E-state index is 0.101. The molecule has 2 aliphatic heterocycles. The van der Waals surface area contributed by atoms with Crippen LogP contribution in [0.5, 0.6) is 0 Å². The molecule has 0 saturated carbocycles. The zero-order valence-corrected chi connectivity index (χ0v) is 25.1. The lowest BCUT2D eigenvalue weighted by molar-refractivity contribution is -0.279. The molecule has 0 bridgehead atoms. The van der Waals surface area contributed by atoms with Gasteiger partial charge in [0.1, 0.15) is 23.6 Å². The summed E-state index contributed by atoms with van der Waals surface area (Å²) in [6, 6.07) is -0.122. The molecule has 222 valence electrons. The van der Waals surface area contributed by atoms with Crippen molar-refractivity contribution in [3.05, 3.63) is 0 Å². The van der Waals surface area contributed by atoms with Gasteiger partial charge in [0.25, 0.3) is 0 Å². The van der Waals surface area contributed by atoms with Crippen LogP contribution in [0, 0.1) is 29.6 Å². The van der Waals surface area contributed by atoms with Crippen molar-refractivity contribution in [2.24, 2.45) is 29.6 Å². The number of carbonyl (C=O) groups excluding carboxylic acids is 2. The molecule has 9 nitrogen and oxygen atoms in total. The maximum atomic E-state index is 13.4. The first-order chi connectivity index (χ1) is 17.5. The number of rotatable bonds is 4. The van der Waals surface area contributed by atoms with E-state index >= 15 is 0 Å². The quantitative estimate of drug-likeness (QED) is 0.459. The van der Waals surface area contributed by atoms with Crippen molar-refractivity contribution in [2.45, 2.75) is 130 Å². The summed E-state index contributed by atoms with van der Waals surface area (Å²) in [6.45, 7) is 14.4. The van der Waals surface area contributed by atoms with E-state index in [0.29, 0.717) is 25.7 Å². The van der Waals surface area contributed by atoms with Gasteiger partial charge in [0.2, 0.25) is 0 Å². The number of carbonyl (C=O) groups is 2. The molecule has 1 unspecified atom stereocenters. The van der Waals surface area contributed by atoms with Crippen LogP contribution in [0.1, 0.15) is 81.1 Å². The van der Waals surface area contributed by atoms with Gasteiger partial charge in [-0.05, 0) is 65.5 Å². The van der Waals surface area contributed by atoms with Crippen LogP contribution in [0.15, 0.2) is 0 Å². The average molecular weight is 544 g/mol. The highest BCUT2D eigenvalue weighted by Crippen LogP contribution is 2.35. The highest BCUT2D eigenvalue weighted by molar-refractivity contribution is 5.83. The molecule has 0 radical (unpaired) electrons. The molecule has 2 saturated heterocycles. The molecule has 2 heterocycles. The monoisotopic (exact) mass is 543 g/mol. The summed E-state index contributed by atoms with van der Waals surface area (Å²) in [4.78, 5) is 28.4. The topological polar surface area (TPSA) is 126 Å². The van der Waals surface area contributed by atoms with E-state index in [4.69, 9.17) is 14.2 Å². The fourth-order valence-corrected chi connectivity index (χ4v) is 6.41. The molecule has 0 aromatic rings. The van der Waals surface area contributed by atoms with E-state index in [1.807, 2.05) is 46.7 Å². The second-order valence-electron chi connectivity index (χ2n) is 12.6. The van der Waals surface area contributed by atoms with Crippen LogP contribution < -0.4 is 0 Å². The summed E-state index contributed by atoms with van der Waals surface area (Å²) in [6.07, 6.45) is -2.65. The van der Waals surface area contributed by atoms with Crippen LogP contribution in [0.2, 0.25) is 0 Å². The third kappa shape index (κ3) is 7.55. The number of aliphatic hydroxyl groups is 3. The van der Waals surface area contributed by atoms with E-state index in [1.165, 1.54) is 6.92 Å². The summed E-state index contributed by atoms with van der Waals surface area (Å²) in [5.41, 5.74) is -1.78. The lowest BCUT2D eigenvalue weighted by atomic mass is 9.76. The number of likely N-dealkylation sites (N-methyl/N-ethyl adjacent to an activating group) is 1. The van der Waals surface area contributed by atoms with Crippen LogP contribution in [0.4, 0.5) is 0 Å². The molecule has 2 fully saturated rings. The molecule has 3 N–H and O–H groups in total. The van der Waals surface area contributed by atoms with Gasteiger partial charge in [-0.2, -0.15) is 0 Å². The first-order valence-corrected chi connectivity index (χ1v) is 14.3. The predicted molar refractivity (Wildman–Crippen MR) is 144 cm³/mol. The predicted octanol–water partition coefficient (Wildman–Crippen LogP) is 2.77. The van der Waals surface area contributed by atoms with Crippen molar-refractivity contribution in [2.75, 3.05) is 14.1 Å². The molecule has 9 heteroatoms. The van der Waals surface area contributed by atoms with Gasteiger partial charge >= 0.3 is 5.97 Å². The average Bonchev–Trinajstić information content (AvgIpc) is 2.84. The van der Waals surface area contributed by atoms with Crippen molar-refractivity contribution < 1.29 is 39.1 Å². The standard InChI is InChI=1S/C29H53NO8/c1-11-22-29(8,35)26(33)20(7)23(31)15(2)12-16(3)25(17(4)13-18(5)27(34)37-22)38-28-24(32)21(30(9)10)14-19(6)36-28/h15-22,24-26,28,32-33,35H,11-14H2,1-10H3/t15-,16+,17+,18-,19-,20+,21+,22-,24-,25?,26-,28+,29-/m1/s1. The van der Waals surface area contributed by atoms with Gasteiger partial charge < -0.3 is 34.4 Å². The molecule has 2 aliphatic rings. The third-order valence-electron chi connectivity index (χ3n) is 8.83. The first kappa shape index (κ1) is 33.1. The lowest BCUT2D eigenvalue weighted by Gasteiger charge is -2.44. The Morgan fingerprint density at radius 2 is 1.53 bits per heavy atom. The maximum Gasteiger partial charge on any atom is 0.309 e. The molecule has 0 amide bonds. The van der Waals surface area contributed by atoms with E-state index < -0.39 is 60.0 Å². The van der Waals surface area contributed by atoms with Gasteiger partial charge in [0.05, 0.1) is 24.2 Å². The minimum atomic E-state index is -1.78. The van der Waals surface area contributed by atoms with E-state index in [2.05, 4.69) is 0 Å². The summed E-state index contributed by atoms with van der Waals surface area (Å²) < 4.78 is 18.3. The van der Waals surface area contributed by atoms with Gasteiger partial charge in [0.15, 0.2) is 6.29 Å². The number of aliphatic hydroxyl groups excluding tert-OH is 2. The zero-order chi connectivity index (χ0) is 29.1. The number of esters is 1. The van der Waals surface area contributed by atoms with Gasteiger partial charge in [-0.3, -0.25) is 9.59 Å². The number of cyclic esters (lactones) is 1. The molecular weight excluding hydrogens is 490 g/mol. The summed E-state index contributed by atoms with van der Waals surface area (Å²) in [5, 5.41) is 33.3. The van der Waals surface area contributed by atoms with Crippen molar-refractivity contribution in [3.8, 4) is 0 Å². The van der Waals surface area contributed by atoms with Gasteiger partial charge in [-0.25, -0.2) is 0 Å². The third-order valence-corrected chi connectivity index (χ3v) is 8.83. The zero-order valence-electron chi connectivity index (χ0n) is 25.1. The Hall–Kier alpha value is -1.10. The summed E-state index contributed by atoms with van der Waals surface area (Å²) in [7, 11) is 3.85. The Kier molecular flexibility index (Phi) is 11.8. The molecule has 0 spiro atoms. The Balaban J connectivity index is 2.40. The van der Waals surface area contributed by atoms with Crippen LogP contribution in [0.25, 0.3) is 0 Å². The molecular formula is C29H53NO8. The van der Waals surface area contributed by atoms with E-state index in [9.17, 15) is 24.9 Å². The van der Waals surface area contributed by atoms with Crippen molar-refractivity contribution in [1.82, 2.24) is 4.90 Å². The fourth-order valence-electron chi connectivity index (χ4n) is 6.41. The number of hydrogen-bond acceptors (Lipinski definition) is 9. The number of hydrogen-bond donors (Lipinski definition) is 3. The van der Waals surface area contributed by atoms with E-state index in [-0.39, 0.29) is 29.8 Å². The molecule has 2 rings (SSSR count). The van der Waals surface area contributed by atoms with Gasteiger partial charge in [-0.15, -0.1) is 0 Å². The highest BCUT2D eigenvalue weighted by Gasteiger charge is 2.47. The van der Waals surface area contributed by atoms with Crippen LogP contribution >= 0.6 is 0 Å². The van der Waals surface area contributed by atoms with E-state index in [1.54, 1.807) is 20.8 Å². The van der Waals surface area contributed by atoms with Crippen LogP contribution in [0.3, 0.4) is 0 Å². The van der Waals surface area contributed by atoms with Crippen LogP contribution in [-0.2, 0) is 23.8 Å². The van der Waals surface area contributed by atoms with Crippen molar-refractivity contribution in [3.63, 3.8) is 0 Å².